The van der Waals surface area contributed by atoms with Gasteiger partial charge in [-0.1, -0.05) is 12.8 Å². The molecule has 31 heavy (non-hydrogen) atoms. The van der Waals surface area contributed by atoms with Crippen LogP contribution >= 0.6 is 12.2 Å². The molecule has 3 heterocycles. The van der Waals surface area contributed by atoms with Gasteiger partial charge in [0.05, 0.1) is 18.2 Å². The van der Waals surface area contributed by atoms with Crippen molar-refractivity contribution in [2.45, 2.75) is 57.2 Å². The van der Waals surface area contributed by atoms with Crippen molar-refractivity contribution in [2.24, 2.45) is 0 Å². The lowest BCUT2D eigenvalue weighted by Crippen LogP contribution is -2.47. The predicted octanol–water partition coefficient (Wildman–Crippen LogP) is 3.10. The Labute approximate surface area is 187 Å². The van der Waals surface area contributed by atoms with E-state index in [9.17, 15) is 4.79 Å². The molecule has 8 heteroatoms. The SMILES string of the molecule is O=c1[nH]c2cc3c(cc2cc1CN(C(=S)NCC1CCCO1)C1CCCC1)OCCO3. The van der Waals surface area contributed by atoms with Gasteiger partial charge in [0.1, 0.15) is 13.2 Å². The molecular weight excluding hydrogens is 414 g/mol. The van der Waals surface area contributed by atoms with Crippen LogP contribution in [0.15, 0.2) is 23.0 Å². The maximum atomic E-state index is 12.9. The minimum Gasteiger partial charge on any atom is -0.486 e. The van der Waals surface area contributed by atoms with Gasteiger partial charge in [0.2, 0.25) is 0 Å². The number of H-pyrrole nitrogens is 1. The van der Waals surface area contributed by atoms with Gasteiger partial charge in [-0.25, -0.2) is 0 Å². The van der Waals surface area contributed by atoms with Crippen LogP contribution in [-0.2, 0) is 11.3 Å². The lowest BCUT2D eigenvalue weighted by molar-refractivity contribution is 0.113. The van der Waals surface area contributed by atoms with E-state index < -0.39 is 0 Å². The summed E-state index contributed by atoms with van der Waals surface area (Å²) >= 11 is 5.78. The van der Waals surface area contributed by atoms with E-state index in [4.69, 9.17) is 26.4 Å². The molecule has 1 saturated heterocycles. The highest BCUT2D eigenvalue weighted by Crippen LogP contribution is 2.34. The highest BCUT2D eigenvalue weighted by Gasteiger charge is 2.26. The van der Waals surface area contributed by atoms with Crippen molar-refractivity contribution in [3.05, 3.63) is 34.1 Å². The number of rotatable bonds is 5. The molecule has 1 aromatic carbocycles. The van der Waals surface area contributed by atoms with E-state index in [1.807, 2.05) is 18.2 Å². The average molecular weight is 444 g/mol. The topological polar surface area (TPSA) is 75.8 Å². The lowest BCUT2D eigenvalue weighted by Gasteiger charge is -2.32. The fraction of sp³-hybridized carbons (Fsp3) is 0.565. The summed E-state index contributed by atoms with van der Waals surface area (Å²) < 4.78 is 17.1. The molecule has 166 valence electrons. The van der Waals surface area contributed by atoms with Gasteiger partial charge in [0.15, 0.2) is 16.6 Å². The zero-order chi connectivity index (χ0) is 21.2. The van der Waals surface area contributed by atoms with Crippen LogP contribution in [0.3, 0.4) is 0 Å². The van der Waals surface area contributed by atoms with Crippen LogP contribution in [0.5, 0.6) is 11.5 Å². The fourth-order valence-corrected chi connectivity index (χ4v) is 5.08. The highest BCUT2D eigenvalue weighted by atomic mass is 32.1. The van der Waals surface area contributed by atoms with E-state index in [0.29, 0.717) is 42.2 Å². The largest absolute Gasteiger partial charge is 0.486 e. The molecule has 1 saturated carbocycles. The maximum absolute atomic E-state index is 12.9. The standard InChI is InChI=1S/C23H29N3O4S/c27-22-16(10-15-11-20-21(12-19(15)25-22)30-9-8-29-20)14-26(17-4-1-2-5-17)23(31)24-13-18-6-3-7-28-18/h10-12,17-18H,1-9,13-14H2,(H,24,31)(H,25,27). The number of hydrogen-bond acceptors (Lipinski definition) is 5. The van der Waals surface area contributed by atoms with Crippen LogP contribution < -0.4 is 20.3 Å². The molecule has 7 nitrogen and oxygen atoms in total. The Bertz CT molecular complexity index is 1010. The van der Waals surface area contributed by atoms with Gasteiger partial charge < -0.3 is 29.4 Å². The summed E-state index contributed by atoms with van der Waals surface area (Å²) in [5, 5.41) is 5.05. The molecule has 0 radical (unpaired) electrons. The first kappa shape index (κ1) is 20.6. The third-order valence-corrected chi connectivity index (χ3v) is 6.83. The van der Waals surface area contributed by atoms with Gasteiger partial charge in [-0.05, 0) is 50.0 Å². The molecule has 1 atom stereocenters. The molecule has 2 aromatic rings. The van der Waals surface area contributed by atoms with E-state index in [1.54, 1.807) is 0 Å². The quantitative estimate of drug-likeness (QED) is 0.688. The third-order valence-electron chi connectivity index (χ3n) is 6.46. The van der Waals surface area contributed by atoms with Crippen LogP contribution in [0.4, 0.5) is 0 Å². The molecule has 1 aromatic heterocycles. The number of benzene rings is 1. The van der Waals surface area contributed by atoms with E-state index in [1.165, 1.54) is 12.8 Å². The summed E-state index contributed by atoms with van der Waals surface area (Å²) in [6.07, 6.45) is 7.01. The summed E-state index contributed by atoms with van der Waals surface area (Å²) in [5.41, 5.74) is 1.37. The molecule has 5 rings (SSSR count). The van der Waals surface area contributed by atoms with Gasteiger partial charge in [-0.15, -0.1) is 0 Å². The number of pyridine rings is 1. The van der Waals surface area contributed by atoms with Crippen LogP contribution in [0, 0.1) is 0 Å². The van der Waals surface area contributed by atoms with E-state index in [2.05, 4.69) is 15.2 Å². The van der Waals surface area contributed by atoms with Gasteiger partial charge in [-0.2, -0.15) is 0 Å². The van der Waals surface area contributed by atoms with Crippen LogP contribution in [0.25, 0.3) is 10.9 Å². The molecule has 0 amide bonds. The zero-order valence-electron chi connectivity index (χ0n) is 17.7. The monoisotopic (exact) mass is 443 g/mol. The summed E-state index contributed by atoms with van der Waals surface area (Å²) in [6.45, 7) is 3.10. The first-order chi connectivity index (χ1) is 15.2. The zero-order valence-corrected chi connectivity index (χ0v) is 18.5. The predicted molar refractivity (Wildman–Crippen MR) is 123 cm³/mol. The van der Waals surface area contributed by atoms with Crippen LogP contribution in [0.2, 0.25) is 0 Å². The first-order valence-electron chi connectivity index (χ1n) is 11.3. The van der Waals surface area contributed by atoms with Crippen molar-refractivity contribution in [3.63, 3.8) is 0 Å². The number of thiocarbonyl (C=S) groups is 1. The molecule has 1 unspecified atom stereocenters. The van der Waals surface area contributed by atoms with Gasteiger partial charge in [0, 0.05) is 36.2 Å². The van der Waals surface area contributed by atoms with Crippen LogP contribution in [0.1, 0.15) is 44.1 Å². The number of ether oxygens (including phenoxy) is 3. The maximum Gasteiger partial charge on any atom is 0.253 e. The van der Waals surface area contributed by atoms with E-state index in [0.717, 1.165) is 55.5 Å². The highest BCUT2D eigenvalue weighted by molar-refractivity contribution is 7.80. The van der Waals surface area contributed by atoms with Crippen molar-refractivity contribution in [1.29, 1.82) is 0 Å². The van der Waals surface area contributed by atoms with Gasteiger partial charge in [-0.3, -0.25) is 4.79 Å². The molecule has 1 aliphatic carbocycles. The Morgan fingerprint density at radius 2 is 1.84 bits per heavy atom. The molecule has 0 spiro atoms. The van der Waals surface area contributed by atoms with Crippen LogP contribution in [-0.4, -0.2) is 53.5 Å². The number of nitrogens with zero attached hydrogens (tertiary/aromatic N) is 1. The van der Waals surface area contributed by atoms with E-state index in [-0.39, 0.29) is 11.7 Å². The van der Waals surface area contributed by atoms with Crippen molar-refractivity contribution in [3.8, 4) is 11.5 Å². The minimum atomic E-state index is -0.0888. The fourth-order valence-electron chi connectivity index (χ4n) is 4.78. The number of nitrogens with one attached hydrogen (secondary N) is 2. The number of hydrogen-bond donors (Lipinski definition) is 2. The molecule has 2 aliphatic heterocycles. The van der Waals surface area contributed by atoms with Gasteiger partial charge in [0.25, 0.3) is 5.56 Å². The smallest absolute Gasteiger partial charge is 0.253 e. The molecular formula is C23H29N3O4S. The Kier molecular flexibility index (Phi) is 6.00. The Morgan fingerprint density at radius 1 is 1.06 bits per heavy atom. The number of fused-ring (bicyclic) bond motifs is 2. The lowest BCUT2D eigenvalue weighted by atomic mass is 10.1. The minimum absolute atomic E-state index is 0.0888. The molecule has 2 fully saturated rings. The Morgan fingerprint density at radius 3 is 2.58 bits per heavy atom. The second-order valence-electron chi connectivity index (χ2n) is 8.59. The third kappa shape index (κ3) is 4.50. The Hall–Kier alpha value is -2.32. The van der Waals surface area contributed by atoms with Crippen molar-refractivity contribution < 1.29 is 14.2 Å². The molecule has 3 aliphatic rings. The normalized spacial score (nSPS) is 20.8. The Balaban J connectivity index is 1.38. The summed E-state index contributed by atoms with van der Waals surface area (Å²) in [6, 6.07) is 6.10. The van der Waals surface area contributed by atoms with Crippen molar-refractivity contribution >= 4 is 28.2 Å². The second kappa shape index (κ2) is 9.04. The average Bonchev–Trinajstić information content (AvgIpc) is 3.49. The summed E-state index contributed by atoms with van der Waals surface area (Å²) in [7, 11) is 0. The first-order valence-corrected chi connectivity index (χ1v) is 11.7. The number of aromatic amines is 1. The molecule has 2 N–H and O–H groups in total. The van der Waals surface area contributed by atoms with E-state index >= 15 is 0 Å². The van der Waals surface area contributed by atoms with Crippen molar-refractivity contribution in [1.82, 2.24) is 15.2 Å². The summed E-state index contributed by atoms with van der Waals surface area (Å²) in [5.74, 6) is 1.40. The number of aromatic nitrogens is 1. The molecule has 0 bridgehead atoms. The van der Waals surface area contributed by atoms with Crippen molar-refractivity contribution in [2.75, 3.05) is 26.4 Å². The van der Waals surface area contributed by atoms with Gasteiger partial charge >= 0.3 is 0 Å². The second-order valence-corrected chi connectivity index (χ2v) is 8.98. The summed E-state index contributed by atoms with van der Waals surface area (Å²) in [4.78, 5) is 18.1.